The number of carbonyl (C=O) groups excluding carboxylic acids is 1. The summed E-state index contributed by atoms with van der Waals surface area (Å²) >= 11 is 1.74. The smallest absolute Gasteiger partial charge is 0.221 e. The van der Waals surface area contributed by atoms with Gasteiger partial charge < -0.3 is 10.1 Å². The maximum atomic E-state index is 13.8. The lowest BCUT2D eigenvalue weighted by atomic mass is 10.1. The summed E-state index contributed by atoms with van der Waals surface area (Å²) in [7, 11) is 0. The minimum absolute atomic E-state index is 0.135. The Morgan fingerprint density at radius 3 is 3.00 bits per heavy atom. The Kier molecular flexibility index (Phi) is 5.85. The third-order valence-corrected chi connectivity index (χ3v) is 4.33. The molecular weight excluding hydrogens is 296 g/mol. The topological polar surface area (TPSA) is 38.3 Å². The summed E-state index contributed by atoms with van der Waals surface area (Å²) in [5.41, 5.74) is 0.239. The molecule has 1 aromatic carbocycles. The highest BCUT2D eigenvalue weighted by Crippen LogP contribution is 2.35. The average molecular weight is 315 g/mol. The third kappa shape index (κ3) is 4.33. The summed E-state index contributed by atoms with van der Waals surface area (Å²) in [4.78, 5) is 11.8. The van der Waals surface area contributed by atoms with Gasteiger partial charge in [-0.15, -0.1) is 0 Å². The number of hydrogen-bond acceptors (Lipinski definition) is 3. The fourth-order valence-electron chi connectivity index (χ4n) is 2.17. The van der Waals surface area contributed by atoms with Crippen LogP contribution in [0, 0.1) is 11.6 Å². The molecule has 0 aromatic heterocycles. The highest BCUT2D eigenvalue weighted by Gasteiger charge is 2.29. The fourth-order valence-corrected chi connectivity index (χ4v) is 3.20. The van der Waals surface area contributed by atoms with E-state index in [0.29, 0.717) is 6.42 Å². The predicted molar refractivity (Wildman–Crippen MR) is 79.6 cm³/mol. The first-order valence-corrected chi connectivity index (χ1v) is 8.26. The molecule has 0 radical (unpaired) electrons. The van der Waals surface area contributed by atoms with Crippen molar-refractivity contribution in [3.05, 3.63) is 29.3 Å². The second-order valence-electron chi connectivity index (χ2n) is 4.95. The van der Waals surface area contributed by atoms with Crippen molar-refractivity contribution in [3.8, 4) is 5.75 Å². The molecule has 1 N–H and O–H groups in total. The fraction of sp³-hybridized carbons (Fsp3) is 0.533. The number of thioether (sulfide) groups is 1. The average Bonchev–Trinajstić information content (AvgIpc) is 2.81. The number of ether oxygens (including phenoxy) is 1. The van der Waals surface area contributed by atoms with E-state index in [4.69, 9.17) is 4.74 Å². The number of benzene rings is 1. The first-order chi connectivity index (χ1) is 10.1. The van der Waals surface area contributed by atoms with Crippen LogP contribution in [-0.4, -0.2) is 24.0 Å². The van der Waals surface area contributed by atoms with Gasteiger partial charge in [-0.1, -0.05) is 13.3 Å². The molecule has 0 aliphatic carbocycles. The van der Waals surface area contributed by atoms with Gasteiger partial charge in [0.05, 0.1) is 11.6 Å². The second kappa shape index (κ2) is 7.64. The number of unbranched alkanes of at least 4 members (excludes halogenated alkanes) is 1. The zero-order valence-electron chi connectivity index (χ0n) is 12.0. The molecule has 0 saturated heterocycles. The van der Waals surface area contributed by atoms with Gasteiger partial charge in [0.25, 0.3) is 0 Å². The lowest BCUT2D eigenvalue weighted by molar-refractivity contribution is -0.121. The van der Waals surface area contributed by atoms with E-state index in [-0.39, 0.29) is 23.8 Å². The van der Waals surface area contributed by atoms with Crippen LogP contribution >= 0.6 is 11.8 Å². The van der Waals surface area contributed by atoms with Gasteiger partial charge in [-0.2, -0.15) is 11.8 Å². The lowest BCUT2D eigenvalue weighted by Crippen LogP contribution is -2.30. The normalized spacial score (nSPS) is 16.4. The number of fused-ring (bicyclic) bond motifs is 1. The summed E-state index contributed by atoms with van der Waals surface area (Å²) in [5.74, 6) is 0.487. The van der Waals surface area contributed by atoms with Gasteiger partial charge >= 0.3 is 0 Å². The molecule has 1 aliphatic heterocycles. The molecule has 0 saturated carbocycles. The van der Waals surface area contributed by atoms with Gasteiger partial charge in [0.2, 0.25) is 5.91 Å². The quantitative estimate of drug-likeness (QED) is 0.783. The summed E-state index contributed by atoms with van der Waals surface area (Å²) in [5, 5.41) is 2.75. The highest BCUT2D eigenvalue weighted by molar-refractivity contribution is 7.99. The van der Waals surface area contributed by atoms with Crippen molar-refractivity contribution in [3.63, 3.8) is 0 Å². The maximum absolute atomic E-state index is 13.8. The van der Waals surface area contributed by atoms with Crippen LogP contribution in [0.5, 0.6) is 5.75 Å². The Morgan fingerprint density at radius 1 is 1.43 bits per heavy atom. The summed E-state index contributed by atoms with van der Waals surface area (Å²) < 4.78 is 32.1. The van der Waals surface area contributed by atoms with Crippen LogP contribution in [-0.2, 0) is 4.79 Å². The molecule has 116 valence electrons. The number of hydrogen-bond donors (Lipinski definition) is 1. The minimum atomic E-state index is -0.676. The zero-order chi connectivity index (χ0) is 15.2. The van der Waals surface area contributed by atoms with Gasteiger partial charge in [0.1, 0.15) is 24.0 Å². The van der Waals surface area contributed by atoms with Gasteiger partial charge in [-0.3, -0.25) is 4.79 Å². The predicted octanol–water partition coefficient (Wildman–Crippen LogP) is 3.44. The van der Waals surface area contributed by atoms with E-state index in [1.807, 2.05) is 0 Å². The van der Waals surface area contributed by atoms with Crippen molar-refractivity contribution in [1.29, 1.82) is 0 Å². The van der Waals surface area contributed by atoms with Gasteiger partial charge in [-0.05, 0) is 12.2 Å². The molecule has 1 atom stereocenters. The highest BCUT2D eigenvalue weighted by atomic mass is 32.2. The SMILES string of the molecule is CCCCSCCC(=O)N[C@@H]1COc2cc(F)cc(F)c21. The van der Waals surface area contributed by atoms with Gasteiger partial charge in [-0.25, -0.2) is 8.78 Å². The lowest BCUT2D eigenvalue weighted by Gasteiger charge is -2.12. The van der Waals surface area contributed by atoms with Crippen LogP contribution in [0.3, 0.4) is 0 Å². The summed E-state index contributed by atoms with van der Waals surface area (Å²) in [6.45, 7) is 2.27. The summed E-state index contributed by atoms with van der Waals surface area (Å²) in [6.07, 6.45) is 2.68. The molecule has 1 aliphatic rings. The molecule has 0 spiro atoms. The van der Waals surface area contributed by atoms with Crippen molar-refractivity contribution in [2.24, 2.45) is 0 Å². The van der Waals surface area contributed by atoms with E-state index >= 15 is 0 Å². The Labute approximate surface area is 127 Å². The molecule has 0 fully saturated rings. The largest absolute Gasteiger partial charge is 0.490 e. The van der Waals surface area contributed by atoms with Crippen LogP contribution in [0.4, 0.5) is 8.78 Å². The molecule has 21 heavy (non-hydrogen) atoms. The van der Waals surface area contributed by atoms with E-state index in [9.17, 15) is 13.6 Å². The van der Waals surface area contributed by atoms with Crippen LogP contribution in [0.25, 0.3) is 0 Å². The molecular formula is C15H19F2NO2S. The molecule has 6 heteroatoms. The first-order valence-electron chi connectivity index (χ1n) is 7.10. The molecule has 1 amide bonds. The summed E-state index contributed by atoms with van der Waals surface area (Å²) in [6, 6.07) is 1.42. The molecule has 3 nitrogen and oxygen atoms in total. The van der Waals surface area contributed by atoms with E-state index in [1.165, 1.54) is 0 Å². The van der Waals surface area contributed by atoms with E-state index < -0.39 is 17.7 Å². The number of carbonyl (C=O) groups is 1. The minimum Gasteiger partial charge on any atom is -0.490 e. The number of nitrogens with one attached hydrogen (secondary N) is 1. The number of halogens is 2. The van der Waals surface area contributed by atoms with Crippen LogP contribution in [0.15, 0.2) is 12.1 Å². The van der Waals surface area contributed by atoms with Crippen LogP contribution < -0.4 is 10.1 Å². The standard InChI is InChI=1S/C15H19F2NO2S/c1-2-3-5-21-6-4-14(19)18-12-9-20-13-8-10(16)7-11(17)15(12)13/h7-8,12H,2-6,9H2,1H3,(H,18,19)/t12-/m1/s1. The van der Waals surface area contributed by atoms with E-state index in [0.717, 1.165) is 36.5 Å². The monoisotopic (exact) mass is 315 g/mol. The second-order valence-corrected chi connectivity index (χ2v) is 6.17. The molecule has 0 bridgehead atoms. The molecule has 2 rings (SSSR count). The molecule has 1 aromatic rings. The van der Waals surface area contributed by atoms with Crippen molar-refractivity contribution >= 4 is 17.7 Å². The van der Waals surface area contributed by atoms with Crippen molar-refractivity contribution in [1.82, 2.24) is 5.32 Å². The van der Waals surface area contributed by atoms with Crippen LogP contribution in [0.2, 0.25) is 0 Å². The van der Waals surface area contributed by atoms with Gasteiger partial charge in [0, 0.05) is 24.3 Å². The molecule has 0 unspecified atom stereocenters. The van der Waals surface area contributed by atoms with Crippen molar-refractivity contribution in [2.45, 2.75) is 32.2 Å². The van der Waals surface area contributed by atoms with Crippen molar-refractivity contribution in [2.75, 3.05) is 18.1 Å². The Hall–Kier alpha value is -1.30. The van der Waals surface area contributed by atoms with E-state index in [2.05, 4.69) is 12.2 Å². The number of rotatable bonds is 7. The molecule has 1 heterocycles. The van der Waals surface area contributed by atoms with Gasteiger partial charge in [0.15, 0.2) is 0 Å². The van der Waals surface area contributed by atoms with Crippen LogP contribution in [0.1, 0.15) is 37.8 Å². The zero-order valence-corrected chi connectivity index (χ0v) is 12.8. The maximum Gasteiger partial charge on any atom is 0.221 e. The Bertz CT molecular complexity index is 511. The van der Waals surface area contributed by atoms with E-state index in [1.54, 1.807) is 11.8 Å². The third-order valence-electron chi connectivity index (χ3n) is 3.26. The van der Waals surface area contributed by atoms with Crippen molar-refractivity contribution < 1.29 is 18.3 Å². The Balaban J connectivity index is 1.84. The number of amides is 1. The first kappa shape index (κ1) is 16.1. The Morgan fingerprint density at radius 2 is 2.24 bits per heavy atom.